The van der Waals surface area contributed by atoms with Crippen LogP contribution in [0.15, 0.2) is 64.6 Å². The molecule has 0 fully saturated rings. The minimum atomic E-state index is -0.501. The van der Waals surface area contributed by atoms with E-state index in [2.05, 4.69) is 4.99 Å². The maximum Gasteiger partial charge on any atom is 0.363 e. The molecular formula is C25H22ClNO5S. The van der Waals surface area contributed by atoms with E-state index >= 15 is 0 Å². The third-order valence-electron chi connectivity index (χ3n) is 4.81. The summed E-state index contributed by atoms with van der Waals surface area (Å²) in [6, 6.07) is 14.8. The Morgan fingerprint density at radius 3 is 2.73 bits per heavy atom. The predicted octanol–water partition coefficient (Wildman–Crippen LogP) is 5.91. The summed E-state index contributed by atoms with van der Waals surface area (Å²) in [7, 11) is 1.57. The third-order valence-corrected chi connectivity index (χ3v) is 6.09. The van der Waals surface area contributed by atoms with Crippen LogP contribution in [0, 0.1) is 6.92 Å². The normalized spacial score (nSPS) is 14.2. The number of halogens is 1. The third kappa shape index (κ3) is 5.56. The molecule has 4 rings (SSSR count). The molecule has 0 spiro atoms. The smallest absolute Gasteiger partial charge is 0.363 e. The van der Waals surface area contributed by atoms with E-state index in [1.165, 1.54) is 11.3 Å². The Kier molecular flexibility index (Phi) is 7.32. The van der Waals surface area contributed by atoms with Crippen LogP contribution in [0.3, 0.4) is 0 Å². The van der Waals surface area contributed by atoms with Crippen LogP contribution in [-0.4, -0.2) is 32.2 Å². The van der Waals surface area contributed by atoms with Crippen molar-refractivity contribution in [2.45, 2.75) is 13.3 Å². The molecule has 0 aliphatic carbocycles. The number of nitrogens with zero attached hydrogens (tertiary/aromatic N) is 1. The van der Waals surface area contributed by atoms with E-state index in [4.69, 9.17) is 30.5 Å². The molecule has 0 N–H and O–H groups in total. The lowest BCUT2D eigenvalue weighted by atomic mass is 10.1. The number of esters is 1. The Morgan fingerprint density at radius 1 is 1.12 bits per heavy atom. The van der Waals surface area contributed by atoms with Crippen molar-refractivity contribution in [3.8, 4) is 17.2 Å². The van der Waals surface area contributed by atoms with Gasteiger partial charge in [0.15, 0.2) is 17.2 Å². The quantitative estimate of drug-likeness (QED) is 0.215. The van der Waals surface area contributed by atoms with Crippen molar-refractivity contribution in [3.63, 3.8) is 0 Å². The van der Waals surface area contributed by atoms with E-state index in [1.807, 2.05) is 54.8 Å². The van der Waals surface area contributed by atoms with Gasteiger partial charge >= 0.3 is 5.97 Å². The first-order chi connectivity index (χ1) is 16.0. The predicted molar refractivity (Wildman–Crippen MR) is 130 cm³/mol. The van der Waals surface area contributed by atoms with Crippen molar-refractivity contribution in [1.82, 2.24) is 0 Å². The van der Waals surface area contributed by atoms with Gasteiger partial charge in [-0.15, -0.1) is 11.3 Å². The summed E-state index contributed by atoms with van der Waals surface area (Å²) in [5.41, 5.74) is 1.84. The van der Waals surface area contributed by atoms with Gasteiger partial charge in [-0.2, -0.15) is 0 Å². The van der Waals surface area contributed by atoms with Crippen molar-refractivity contribution in [2.75, 3.05) is 20.3 Å². The minimum absolute atomic E-state index is 0.206. The number of aryl methyl sites for hydroxylation is 1. The zero-order valence-corrected chi connectivity index (χ0v) is 19.7. The van der Waals surface area contributed by atoms with Crippen LogP contribution in [0.1, 0.15) is 22.4 Å². The first kappa shape index (κ1) is 22.9. The van der Waals surface area contributed by atoms with Crippen LogP contribution in [0.25, 0.3) is 6.08 Å². The van der Waals surface area contributed by atoms with Crippen molar-refractivity contribution < 1.29 is 23.7 Å². The van der Waals surface area contributed by atoms with Gasteiger partial charge < -0.3 is 18.9 Å². The number of ether oxygens (including phenoxy) is 4. The Labute approximate surface area is 201 Å². The average molecular weight is 484 g/mol. The van der Waals surface area contributed by atoms with Crippen molar-refractivity contribution in [2.24, 2.45) is 4.99 Å². The molecule has 0 atom stereocenters. The first-order valence-corrected chi connectivity index (χ1v) is 11.6. The molecule has 6 nitrogen and oxygen atoms in total. The molecule has 8 heteroatoms. The fraction of sp³-hybridized carbons (Fsp3) is 0.200. The van der Waals surface area contributed by atoms with Crippen LogP contribution < -0.4 is 14.2 Å². The van der Waals surface area contributed by atoms with E-state index in [1.54, 1.807) is 19.3 Å². The van der Waals surface area contributed by atoms with Crippen molar-refractivity contribution in [3.05, 3.63) is 80.6 Å². The minimum Gasteiger partial charge on any atom is -0.493 e. The second-order valence-corrected chi connectivity index (χ2v) is 8.51. The summed E-state index contributed by atoms with van der Waals surface area (Å²) < 4.78 is 22.6. The molecule has 0 saturated heterocycles. The highest BCUT2D eigenvalue weighted by atomic mass is 35.5. The zero-order chi connectivity index (χ0) is 23.2. The van der Waals surface area contributed by atoms with Crippen molar-refractivity contribution in [1.29, 1.82) is 0 Å². The van der Waals surface area contributed by atoms with Gasteiger partial charge in [0.05, 0.1) is 25.2 Å². The topological polar surface area (TPSA) is 66.4 Å². The van der Waals surface area contributed by atoms with Crippen molar-refractivity contribution >= 4 is 40.9 Å². The Balaban J connectivity index is 1.43. The Morgan fingerprint density at radius 2 is 1.97 bits per heavy atom. The second-order valence-electron chi connectivity index (χ2n) is 7.15. The largest absolute Gasteiger partial charge is 0.493 e. The van der Waals surface area contributed by atoms with Gasteiger partial charge in [0.1, 0.15) is 5.75 Å². The number of para-hydroxylation sites is 1. The lowest BCUT2D eigenvalue weighted by Crippen LogP contribution is -2.07. The number of aliphatic imine (C=N–C) groups is 1. The van der Waals surface area contributed by atoms with Gasteiger partial charge in [-0.25, -0.2) is 9.79 Å². The summed E-state index contributed by atoms with van der Waals surface area (Å²) in [6.45, 7) is 2.81. The molecule has 2 aromatic carbocycles. The van der Waals surface area contributed by atoms with Crippen LogP contribution in [0.5, 0.6) is 17.2 Å². The summed E-state index contributed by atoms with van der Waals surface area (Å²) >= 11 is 7.51. The van der Waals surface area contributed by atoms with Crippen LogP contribution >= 0.6 is 22.9 Å². The zero-order valence-electron chi connectivity index (χ0n) is 18.2. The van der Waals surface area contributed by atoms with Gasteiger partial charge in [-0.1, -0.05) is 29.8 Å². The monoisotopic (exact) mass is 483 g/mol. The SMILES string of the molecule is COc1cccc(/C=C2/N=C(c3cccs3)OC2=O)c1OCCCOc1ccc(Cl)c(C)c1. The molecule has 0 radical (unpaired) electrons. The average Bonchev–Trinajstić information content (AvgIpc) is 3.47. The van der Waals surface area contributed by atoms with E-state index < -0.39 is 5.97 Å². The maximum atomic E-state index is 12.3. The summed E-state index contributed by atoms with van der Waals surface area (Å²) in [5.74, 6) is 1.66. The number of rotatable bonds is 9. The maximum absolute atomic E-state index is 12.3. The highest BCUT2D eigenvalue weighted by Gasteiger charge is 2.25. The molecule has 0 bridgehead atoms. The van der Waals surface area contributed by atoms with Gasteiger partial charge in [0.2, 0.25) is 5.90 Å². The van der Waals surface area contributed by atoms with E-state index in [-0.39, 0.29) is 5.70 Å². The van der Waals surface area contributed by atoms with Gasteiger partial charge in [-0.3, -0.25) is 0 Å². The number of benzene rings is 2. The molecule has 0 unspecified atom stereocenters. The molecule has 1 aromatic heterocycles. The molecule has 1 aliphatic heterocycles. The number of thiophene rings is 1. The van der Waals surface area contributed by atoms with Gasteiger partial charge in [0.25, 0.3) is 0 Å². The molecule has 2 heterocycles. The highest BCUT2D eigenvalue weighted by Crippen LogP contribution is 2.34. The van der Waals surface area contributed by atoms with Crippen LogP contribution in [-0.2, 0) is 9.53 Å². The highest BCUT2D eigenvalue weighted by molar-refractivity contribution is 7.12. The molecular weight excluding hydrogens is 462 g/mol. The fourth-order valence-electron chi connectivity index (χ4n) is 3.15. The number of methoxy groups -OCH3 is 1. The van der Waals surface area contributed by atoms with Gasteiger partial charge in [-0.05, 0) is 54.3 Å². The first-order valence-electron chi connectivity index (χ1n) is 10.3. The van der Waals surface area contributed by atoms with E-state index in [9.17, 15) is 4.79 Å². The number of carbonyl (C=O) groups excluding carboxylic acids is 1. The summed E-state index contributed by atoms with van der Waals surface area (Å²) in [6.07, 6.45) is 2.30. The number of carbonyl (C=O) groups is 1. The number of hydrogen-bond donors (Lipinski definition) is 0. The molecule has 1 aliphatic rings. The lowest BCUT2D eigenvalue weighted by Gasteiger charge is -2.14. The fourth-order valence-corrected chi connectivity index (χ4v) is 3.92. The summed E-state index contributed by atoms with van der Waals surface area (Å²) in [5, 5.41) is 2.61. The van der Waals surface area contributed by atoms with Gasteiger partial charge in [0, 0.05) is 17.0 Å². The molecule has 0 amide bonds. The molecule has 3 aromatic rings. The standard InChI is InChI=1S/C25H22ClNO5S/c1-16-14-18(9-10-19(16)26)30-11-5-12-31-23-17(6-3-7-21(23)29-2)15-20-25(28)32-24(27-20)22-8-4-13-33-22/h3-4,6-10,13-15H,5,11-12H2,1-2H3/b20-15+. The second kappa shape index (κ2) is 10.6. The van der Waals surface area contributed by atoms with E-state index in [0.29, 0.717) is 47.6 Å². The van der Waals surface area contributed by atoms with E-state index in [0.717, 1.165) is 16.2 Å². The Bertz CT molecular complexity index is 1200. The lowest BCUT2D eigenvalue weighted by molar-refractivity contribution is -0.129. The van der Waals surface area contributed by atoms with Crippen LogP contribution in [0.4, 0.5) is 0 Å². The number of cyclic esters (lactones) is 1. The summed E-state index contributed by atoms with van der Waals surface area (Å²) in [4.78, 5) is 17.5. The van der Waals surface area contributed by atoms with Crippen LogP contribution in [0.2, 0.25) is 5.02 Å². The Hall–Kier alpha value is -3.29. The number of hydrogen-bond acceptors (Lipinski definition) is 7. The molecule has 170 valence electrons. The molecule has 0 saturated carbocycles. The molecule has 33 heavy (non-hydrogen) atoms.